The largest absolute Gasteiger partial charge is 0.360 e. The van der Waals surface area contributed by atoms with E-state index in [1.807, 2.05) is 74.5 Å². The van der Waals surface area contributed by atoms with Crippen molar-refractivity contribution in [1.82, 2.24) is 0 Å². The molecule has 1 aliphatic rings. The molecule has 3 aromatic carbocycles. The highest BCUT2D eigenvalue weighted by Crippen LogP contribution is 2.41. The average molecular weight is 484 g/mol. The van der Waals surface area contributed by atoms with Crippen LogP contribution in [0.4, 0.5) is 0 Å². The molecular weight excluding hydrogens is 450 g/mol. The predicted octanol–water partition coefficient (Wildman–Crippen LogP) is 7.02. The van der Waals surface area contributed by atoms with Crippen LogP contribution in [0.15, 0.2) is 109 Å². The highest BCUT2D eigenvalue weighted by atomic mass is 16.7. The molecule has 186 valence electrons. The highest BCUT2D eigenvalue weighted by Gasteiger charge is 2.41. The summed E-state index contributed by atoms with van der Waals surface area (Å²) in [5, 5.41) is 4.17. The predicted molar refractivity (Wildman–Crippen MR) is 141 cm³/mol. The lowest BCUT2D eigenvalue weighted by molar-refractivity contribution is -0.281. The highest BCUT2D eigenvalue weighted by molar-refractivity contribution is 5.47. The van der Waals surface area contributed by atoms with Crippen molar-refractivity contribution in [3.63, 3.8) is 0 Å². The fraction of sp³-hybridized carbons (Fsp3) is 0.333. The lowest BCUT2D eigenvalue weighted by Crippen LogP contribution is -2.46. The Labute approximate surface area is 213 Å². The standard InChI is InChI=1S/C30H33N3O3/c1-4-26(28-20-21-34-29(2,3)36-28)27(32-33-31)22-35-30(23-14-8-5-9-15-23,24-16-10-6-11-17-24)25-18-12-7-13-19-25/h4-19,26-28H,1,20-22H2,2-3H3/t26-,27-,28-/m0/s1. The van der Waals surface area contributed by atoms with Crippen molar-refractivity contribution < 1.29 is 14.2 Å². The third-order valence-electron chi connectivity index (χ3n) is 6.64. The van der Waals surface area contributed by atoms with Gasteiger partial charge in [0.1, 0.15) is 5.60 Å². The number of hydrogen-bond acceptors (Lipinski definition) is 4. The van der Waals surface area contributed by atoms with Crippen molar-refractivity contribution in [3.05, 3.63) is 131 Å². The molecule has 4 rings (SSSR count). The summed E-state index contributed by atoms with van der Waals surface area (Å²) < 4.78 is 18.9. The molecule has 3 aromatic rings. The molecule has 0 saturated carbocycles. The van der Waals surface area contributed by atoms with Crippen molar-refractivity contribution in [2.24, 2.45) is 11.0 Å². The third-order valence-corrected chi connectivity index (χ3v) is 6.64. The van der Waals surface area contributed by atoms with Gasteiger partial charge in [-0.1, -0.05) is 102 Å². The molecule has 0 N–H and O–H groups in total. The minimum atomic E-state index is -0.908. The third kappa shape index (κ3) is 5.53. The first kappa shape index (κ1) is 25.7. The molecule has 36 heavy (non-hydrogen) atoms. The summed E-state index contributed by atoms with van der Waals surface area (Å²) in [6.45, 7) is 8.56. The molecule has 1 fully saturated rings. The van der Waals surface area contributed by atoms with E-state index in [0.29, 0.717) is 13.0 Å². The molecule has 0 spiro atoms. The molecule has 6 nitrogen and oxygen atoms in total. The Bertz CT molecular complexity index is 1070. The summed E-state index contributed by atoms with van der Waals surface area (Å²) in [6, 6.07) is 29.9. The van der Waals surface area contributed by atoms with E-state index >= 15 is 0 Å². The molecule has 0 aromatic heterocycles. The van der Waals surface area contributed by atoms with Gasteiger partial charge in [0.15, 0.2) is 5.79 Å². The second kappa shape index (κ2) is 11.5. The van der Waals surface area contributed by atoms with E-state index in [4.69, 9.17) is 14.2 Å². The minimum absolute atomic E-state index is 0.167. The first-order chi connectivity index (χ1) is 17.5. The fourth-order valence-electron chi connectivity index (χ4n) is 4.97. The molecular formula is C30H33N3O3. The second-order valence-electron chi connectivity index (χ2n) is 9.37. The van der Waals surface area contributed by atoms with Crippen molar-refractivity contribution in [2.75, 3.05) is 13.2 Å². The summed E-state index contributed by atoms with van der Waals surface area (Å²) in [6.07, 6.45) is 2.29. The van der Waals surface area contributed by atoms with E-state index < -0.39 is 17.4 Å². The van der Waals surface area contributed by atoms with Crippen LogP contribution < -0.4 is 0 Å². The van der Waals surface area contributed by atoms with Crippen LogP contribution in [0.25, 0.3) is 10.4 Å². The zero-order chi connectivity index (χ0) is 25.4. The summed E-state index contributed by atoms with van der Waals surface area (Å²) in [4.78, 5) is 3.17. The van der Waals surface area contributed by atoms with Crippen LogP contribution in [0, 0.1) is 5.92 Å². The van der Waals surface area contributed by atoms with E-state index in [9.17, 15) is 5.53 Å². The lowest BCUT2D eigenvalue weighted by Gasteiger charge is -2.41. The molecule has 0 radical (unpaired) electrons. The zero-order valence-corrected chi connectivity index (χ0v) is 20.9. The van der Waals surface area contributed by atoms with E-state index in [1.54, 1.807) is 0 Å². The molecule has 0 bridgehead atoms. The normalized spacial score (nSPS) is 19.0. The van der Waals surface area contributed by atoms with Gasteiger partial charge in [0.25, 0.3) is 0 Å². The average Bonchev–Trinajstić information content (AvgIpc) is 2.91. The number of rotatable bonds is 10. The van der Waals surface area contributed by atoms with Crippen molar-refractivity contribution in [1.29, 1.82) is 0 Å². The van der Waals surface area contributed by atoms with Crippen LogP contribution in [-0.2, 0) is 19.8 Å². The smallest absolute Gasteiger partial charge is 0.163 e. The first-order valence-corrected chi connectivity index (χ1v) is 12.3. The SMILES string of the molecule is C=C[C@@H]([C@H](COC(c1ccccc1)(c1ccccc1)c1ccccc1)N=[N+]=[N-])[C@@H]1CCOC(C)(C)O1. The van der Waals surface area contributed by atoms with E-state index in [-0.39, 0.29) is 18.6 Å². The molecule has 6 heteroatoms. The van der Waals surface area contributed by atoms with Gasteiger partial charge in [0.2, 0.25) is 0 Å². The Kier molecular flexibility index (Phi) is 8.24. The Morgan fingerprint density at radius 2 is 1.50 bits per heavy atom. The Balaban J connectivity index is 1.76. The molecule has 3 atom stereocenters. The molecule has 1 heterocycles. The summed E-state index contributed by atoms with van der Waals surface area (Å²) >= 11 is 0. The molecule has 1 saturated heterocycles. The maximum Gasteiger partial charge on any atom is 0.163 e. The van der Waals surface area contributed by atoms with E-state index in [1.165, 1.54) is 0 Å². The Morgan fingerprint density at radius 3 is 1.92 bits per heavy atom. The van der Waals surface area contributed by atoms with Crippen LogP contribution in [0.2, 0.25) is 0 Å². The van der Waals surface area contributed by atoms with Crippen molar-refractivity contribution in [2.45, 2.75) is 43.8 Å². The number of azide groups is 1. The quantitative estimate of drug-likeness (QED) is 0.102. The topological polar surface area (TPSA) is 76.5 Å². The summed E-state index contributed by atoms with van der Waals surface area (Å²) in [5.74, 6) is -0.961. The molecule has 1 aliphatic heterocycles. The number of nitrogens with zero attached hydrogens (tertiary/aromatic N) is 3. The van der Waals surface area contributed by atoms with Crippen LogP contribution in [0.5, 0.6) is 0 Å². The van der Waals surface area contributed by atoms with Crippen LogP contribution in [0.1, 0.15) is 37.0 Å². The van der Waals surface area contributed by atoms with Gasteiger partial charge in [0, 0.05) is 10.8 Å². The monoisotopic (exact) mass is 483 g/mol. The van der Waals surface area contributed by atoms with Gasteiger partial charge >= 0.3 is 0 Å². The number of ether oxygens (including phenoxy) is 3. The van der Waals surface area contributed by atoms with Gasteiger partial charge in [-0.05, 0) is 42.5 Å². The van der Waals surface area contributed by atoms with Gasteiger partial charge in [-0.15, -0.1) is 6.58 Å². The molecule has 0 aliphatic carbocycles. The van der Waals surface area contributed by atoms with Gasteiger partial charge in [-0.3, -0.25) is 0 Å². The zero-order valence-electron chi connectivity index (χ0n) is 20.9. The maximum atomic E-state index is 9.47. The van der Waals surface area contributed by atoms with Crippen LogP contribution in [0.3, 0.4) is 0 Å². The first-order valence-electron chi connectivity index (χ1n) is 12.3. The van der Waals surface area contributed by atoms with Crippen molar-refractivity contribution >= 4 is 0 Å². The fourth-order valence-corrected chi connectivity index (χ4v) is 4.97. The van der Waals surface area contributed by atoms with Crippen LogP contribution >= 0.6 is 0 Å². The van der Waals surface area contributed by atoms with E-state index in [0.717, 1.165) is 16.7 Å². The van der Waals surface area contributed by atoms with Gasteiger partial charge in [0.05, 0.1) is 25.4 Å². The Morgan fingerprint density at radius 1 is 1.00 bits per heavy atom. The van der Waals surface area contributed by atoms with E-state index in [2.05, 4.69) is 53.0 Å². The summed E-state index contributed by atoms with van der Waals surface area (Å²) in [5.41, 5.74) is 11.5. The number of hydrogen-bond donors (Lipinski definition) is 0. The number of benzene rings is 3. The van der Waals surface area contributed by atoms with Crippen molar-refractivity contribution in [3.8, 4) is 0 Å². The minimum Gasteiger partial charge on any atom is -0.360 e. The van der Waals surface area contributed by atoms with Gasteiger partial charge in [-0.2, -0.15) is 0 Å². The summed E-state index contributed by atoms with van der Waals surface area (Å²) in [7, 11) is 0. The van der Waals surface area contributed by atoms with Crippen LogP contribution in [-0.4, -0.2) is 31.1 Å². The molecule has 0 amide bonds. The van der Waals surface area contributed by atoms with Gasteiger partial charge in [-0.25, -0.2) is 0 Å². The second-order valence-corrected chi connectivity index (χ2v) is 9.37. The maximum absolute atomic E-state index is 9.47. The molecule has 0 unspecified atom stereocenters. The van der Waals surface area contributed by atoms with Gasteiger partial charge < -0.3 is 14.2 Å². The lowest BCUT2D eigenvalue weighted by atomic mass is 9.80. The Hall–Kier alpha value is -3.41.